The minimum absolute atomic E-state index is 0.0757. The van der Waals surface area contributed by atoms with E-state index in [1.807, 2.05) is 56.3 Å². The fourth-order valence-corrected chi connectivity index (χ4v) is 7.14. The van der Waals surface area contributed by atoms with Crippen molar-refractivity contribution >= 4 is 29.4 Å². The lowest BCUT2D eigenvalue weighted by Gasteiger charge is -2.45. The van der Waals surface area contributed by atoms with Crippen molar-refractivity contribution in [2.24, 2.45) is 11.8 Å². The summed E-state index contributed by atoms with van der Waals surface area (Å²) in [6.45, 7) is 3.92. The van der Waals surface area contributed by atoms with E-state index >= 15 is 0 Å². The number of ether oxygens (including phenoxy) is 1. The summed E-state index contributed by atoms with van der Waals surface area (Å²) in [5.41, 5.74) is 7.42. The van der Waals surface area contributed by atoms with Crippen LogP contribution in [0, 0.1) is 25.7 Å². The number of hydrogen-bond donors (Lipinski definition) is 1. The normalized spacial score (nSPS) is 21.8. The van der Waals surface area contributed by atoms with Crippen molar-refractivity contribution in [3.05, 3.63) is 100 Å². The van der Waals surface area contributed by atoms with Crippen LogP contribution in [0.4, 0.5) is 5.69 Å². The molecule has 4 aliphatic rings. The number of unbranched alkanes of at least 4 members (excludes halogenated alkanes) is 2. The van der Waals surface area contributed by atoms with Gasteiger partial charge in [0.15, 0.2) is 6.61 Å². The molecule has 1 saturated heterocycles. The smallest absolute Gasteiger partial charge is 0.306 e. The largest absolute Gasteiger partial charge is 0.456 e. The van der Waals surface area contributed by atoms with Crippen molar-refractivity contribution in [1.29, 1.82) is 0 Å². The minimum atomic E-state index is -0.438. The van der Waals surface area contributed by atoms with Gasteiger partial charge in [-0.15, -0.1) is 0 Å². The third kappa shape index (κ3) is 4.94. The summed E-state index contributed by atoms with van der Waals surface area (Å²) in [5.74, 6) is -1.88. The second-order valence-corrected chi connectivity index (χ2v) is 11.5. The van der Waals surface area contributed by atoms with E-state index in [9.17, 15) is 19.2 Å². The van der Waals surface area contributed by atoms with Crippen LogP contribution in [0.2, 0.25) is 0 Å². The number of amides is 3. The first-order chi connectivity index (χ1) is 19.8. The molecule has 0 aromatic heterocycles. The van der Waals surface area contributed by atoms with Gasteiger partial charge in [-0.25, -0.2) is 0 Å². The van der Waals surface area contributed by atoms with Gasteiger partial charge in [-0.3, -0.25) is 24.1 Å². The van der Waals surface area contributed by atoms with Crippen molar-refractivity contribution in [3.8, 4) is 0 Å². The number of hydrogen-bond acceptors (Lipinski definition) is 5. The molecule has 1 heterocycles. The first-order valence-corrected chi connectivity index (χ1v) is 14.4. The number of likely N-dealkylation sites (tertiary alicyclic amines) is 1. The van der Waals surface area contributed by atoms with Crippen LogP contribution in [0.5, 0.6) is 0 Å². The van der Waals surface area contributed by atoms with Crippen LogP contribution in [-0.4, -0.2) is 41.7 Å². The molecule has 0 saturated carbocycles. The standard InChI is InChI=1S/C34H34N2O5/c1-20-16-21(2)18-22(17-20)35-27(37)19-41-28(38)14-4-3-9-15-36-33(39)31-29-23-10-5-6-11-24(23)30(32(31)34(36)40)26-13-8-7-12-25(26)29/h5-8,10-13,16-18,29-32H,3-4,9,14-15,19H2,1-2H3,(H,35,37)/t29?,30?,31-,32-/m0/s1. The number of rotatable bonds is 9. The van der Waals surface area contributed by atoms with Gasteiger partial charge in [-0.1, -0.05) is 61.0 Å². The molecule has 7 heteroatoms. The molecule has 3 aliphatic carbocycles. The molecule has 41 heavy (non-hydrogen) atoms. The Morgan fingerprint density at radius 2 is 1.27 bits per heavy atom. The highest BCUT2D eigenvalue weighted by Crippen LogP contribution is 2.60. The molecule has 3 aromatic carbocycles. The van der Waals surface area contributed by atoms with Gasteiger partial charge in [-0.05, 0) is 72.2 Å². The minimum Gasteiger partial charge on any atom is -0.456 e. The van der Waals surface area contributed by atoms with Gasteiger partial charge in [0.1, 0.15) is 0 Å². The lowest BCUT2D eigenvalue weighted by atomic mass is 9.55. The molecule has 7 nitrogen and oxygen atoms in total. The Kier molecular flexibility index (Phi) is 7.20. The van der Waals surface area contributed by atoms with E-state index < -0.39 is 5.97 Å². The van der Waals surface area contributed by atoms with Crippen molar-refractivity contribution in [3.63, 3.8) is 0 Å². The van der Waals surface area contributed by atoms with Crippen LogP contribution >= 0.6 is 0 Å². The third-order valence-corrected chi connectivity index (χ3v) is 8.67. The maximum Gasteiger partial charge on any atom is 0.306 e. The number of nitrogens with one attached hydrogen (secondary N) is 1. The SMILES string of the molecule is Cc1cc(C)cc(NC(=O)COC(=O)CCCCCN2C(=O)[C@H]3C4c5ccccc5C(c5ccccc54)[C@@H]3C2=O)c1. The zero-order valence-electron chi connectivity index (χ0n) is 23.4. The molecule has 0 radical (unpaired) electrons. The van der Waals surface area contributed by atoms with E-state index in [0.29, 0.717) is 31.5 Å². The second-order valence-electron chi connectivity index (χ2n) is 11.5. The molecular formula is C34H34N2O5. The molecule has 3 aromatic rings. The number of imide groups is 1. The van der Waals surface area contributed by atoms with Crippen molar-refractivity contribution in [2.75, 3.05) is 18.5 Å². The van der Waals surface area contributed by atoms with E-state index in [2.05, 4.69) is 29.6 Å². The number of carbonyl (C=O) groups excluding carboxylic acids is 4. The molecule has 7 rings (SSSR count). The van der Waals surface area contributed by atoms with Crippen LogP contribution in [0.3, 0.4) is 0 Å². The average molecular weight is 551 g/mol. The van der Waals surface area contributed by atoms with Gasteiger partial charge in [0.05, 0.1) is 11.8 Å². The van der Waals surface area contributed by atoms with Crippen molar-refractivity contribution < 1.29 is 23.9 Å². The summed E-state index contributed by atoms with van der Waals surface area (Å²) in [4.78, 5) is 53.1. The van der Waals surface area contributed by atoms with Gasteiger partial charge >= 0.3 is 5.97 Å². The summed E-state index contributed by atoms with van der Waals surface area (Å²) in [7, 11) is 0. The monoisotopic (exact) mass is 550 g/mol. The summed E-state index contributed by atoms with van der Waals surface area (Å²) < 4.78 is 5.14. The van der Waals surface area contributed by atoms with Crippen LogP contribution in [-0.2, 0) is 23.9 Å². The van der Waals surface area contributed by atoms with Gasteiger partial charge in [0.2, 0.25) is 11.8 Å². The molecule has 210 valence electrons. The topological polar surface area (TPSA) is 92.8 Å². The molecule has 0 unspecified atom stereocenters. The maximum absolute atomic E-state index is 13.6. The summed E-state index contributed by atoms with van der Waals surface area (Å²) in [6, 6.07) is 22.2. The Labute approximate surface area is 239 Å². The number of aryl methyl sites for hydroxylation is 2. The third-order valence-electron chi connectivity index (χ3n) is 8.67. The first-order valence-electron chi connectivity index (χ1n) is 14.4. The Morgan fingerprint density at radius 3 is 1.78 bits per heavy atom. The number of anilines is 1. The lowest BCUT2D eigenvalue weighted by molar-refractivity contribution is -0.147. The molecule has 2 atom stereocenters. The Hall–Kier alpha value is -4.26. The van der Waals surface area contributed by atoms with Crippen molar-refractivity contribution in [2.45, 2.75) is 51.4 Å². The molecule has 3 amide bonds. The molecule has 0 spiro atoms. The molecular weight excluding hydrogens is 516 g/mol. The van der Waals surface area contributed by atoms with Gasteiger partial charge in [0.25, 0.3) is 5.91 Å². The highest BCUT2D eigenvalue weighted by Gasteiger charge is 2.61. The fourth-order valence-electron chi connectivity index (χ4n) is 7.14. The Balaban J connectivity index is 0.996. The van der Waals surface area contributed by atoms with Crippen LogP contribution in [0.25, 0.3) is 0 Å². The lowest BCUT2D eigenvalue weighted by Crippen LogP contribution is -2.41. The zero-order valence-corrected chi connectivity index (χ0v) is 23.4. The van der Waals surface area contributed by atoms with Gasteiger partial charge in [0, 0.05) is 30.5 Å². The second kappa shape index (κ2) is 11.0. The highest BCUT2D eigenvalue weighted by molar-refractivity contribution is 6.07. The predicted molar refractivity (Wildman–Crippen MR) is 154 cm³/mol. The van der Waals surface area contributed by atoms with Gasteiger partial charge in [-0.2, -0.15) is 0 Å². The number of benzene rings is 3. The van der Waals surface area contributed by atoms with E-state index in [1.165, 1.54) is 27.2 Å². The Bertz CT molecular complexity index is 1410. The van der Waals surface area contributed by atoms with Crippen LogP contribution in [0.15, 0.2) is 66.7 Å². The van der Waals surface area contributed by atoms with Crippen molar-refractivity contribution in [1.82, 2.24) is 4.90 Å². The molecule has 1 N–H and O–H groups in total. The van der Waals surface area contributed by atoms with Gasteiger partial charge < -0.3 is 10.1 Å². The zero-order chi connectivity index (χ0) is 28.7. The van der Waals surface area contributed by atoms with Crippen LogP contribution in [0.1, 0.15) is 70.9 Å². The number of nitrogens with zero attached hydrogens (tertiary/aromatic N) is 1. The molecule has 2 bridgehead atoms. The van der Waals surface area contributed by atoms with E-state index in [4.69, 9.17) is 4.74 Å². The highest BCUT2D eigenvalue weighted by atomic mass is 16.5. The van der Waals surface area contributed by atoms with E-state index in [1.54, 1.807) is 0 Å². The molecule has 1 fully saturated rings. The summed E-state index contributed by atoms with van der Waals surface area (Å²) in [6.07, 6.45) is 2.03. The molecule has 1 aliphatic heterocycles. The first kappa shape index (κ1) is 26.9. The number of esters is 1. The maximum atomic E-state index is 13.6. The van der Waals surface area contributed by atoms with E-state index in [-0.39, 0.29) is 54.4 Å². The summed E-state index contributed by atoms with van der Waals surface area (Å²) >= 11 is 0. The number of carbonyl (C=O) groups is 4. The average Bonchev–Trinajstić information content (AvgIpc) is 3.21. The van der Waals surface area contributed by atoms with E-state index in [0.717, 1.165) is 11.1 Å². The quantitative estimate of drug-likeness (QED) is 0.224. The van der Waals surface area contributed by atoms with Crippen LogP contribution < -0.4 is 5.32 Å². The Morgan fingerprint density at radius 1 is 0.756 bits per heavy atom. The summed E-state index contributed by atoms with van der Waals surface area (Å²) in [5, 5.41) is 2.75. The fraction of sp³-hybridized carbons (Fsp3) is 0.353. The predicted octanol–water partition coefficient (Wildman–Crippen LogP) is 5.24.